The average molecular weight is 555 g/mol. The predicted octanol–water partition coefficient (Wildman–Crippen LogP) is 2.60. The van der Waals surface area contributed by atoms with Crippen molar-refractivity contribution in [3.05, 3.63) is 15.6 Å². The van der Waals surface area contributed by atoms with Crippen LogP contribution in [0.15, 0.2) is 4.99 Å². The molecule has 1 aromatic rings. The molecule has 28 heavy (non-hydrogen) atoms. The maximum Gasteiger partial charge on any atom is 0.511 e. The third kappa shape index (κ3) is 6.42. The number of sulfonamides is 1. The first kappa shape index (κ1) is 25.4. The lowest BCUT2D eigenvalue weighted by molar-refractivity contribution is -0.0496. The van der Waals surface area contributed by atoms with Crippen molar-refractivity contribution >= 4 is 51.3 Å². The van der Waals surface area contributed by atoms with Crippen LogP contribution >= 0.6 is 35.3 Å². The van der Waals surface area contributed by atoms with Gasteiger partial charge in [-0.1, -0.05) is 0 Å². The molecule has 1 saturated heterocycles. The molecular weight excluding hydrogens is 530 g/mol. The van der Waals surface area contributed by atoms with Crippen molar-refractivity contribution in [3.63, 3.8) is 0 Å². The van der Waals surface area contributed by atoms with Crippen LogP contribution in [-0.2, 0) is 16.6 Å². The van der Waals surface area contributed by atoms with Crippen LogP contribution < -0.4 is 10.6 Å². The lowest BCUT2D eigenvalue weighted by atomic mass is 9.98. The summed E-state index contributed by atoms with van der Waals surface area (Å²) in [7, 11) is -3.60. The van der Waals surface area contributed by atoms with Gasteiger partial charge in [-0.05, 0) is 32.6 Å². The SMILES string of the molecule is CN=C(NCc1nc(C)c(C)s1)NCC1CCN(S(=O)(=O)C(F)(F)F)CC1.I. The zero-order valence-corrected chi connectivity index (χ0v) is 19.8. The highest BCUT2D eigenvalue weighted by atomic mass is 127. The highest BCUT2D eigenvalue weighted by Gasteiger charge is 2.50. The molecule has 2 rings (SSSR count). The summed E-state index contributed by atoms with van der Waals surface area (Å²) in [5, 5.41) is 7.23. The van der Waals surface area contributed by atoms with Crippen LogP contribution in [0.2, 0.25) is 0 Å². The number of guanidine groups is 1. The van der Waals surface area contributed by atoms with Crippen molar-refractivity contribution in [2.75, 3.05) is 26.7 Å². The smallest absolute Gasteiger partial charge is 0.356 e. The number of nitrogens with one attached hydrogen (secondary N) is 2. The number of hydrogen-bond donors (Lipinski definition) is 2. The zero-order valence-electron chi connectivity index (χ0n) is 15.8. The van der Waals surface area contributed by atoms with Gasteiger partial charge in [0.1, 0.15) is 5.01 Å². The molecule has 0 unspecified atom stereocenters. The van der Waals surface area contributed by atoms with Crippen molar-refractivity contribution < 1.29 is 21.6 Å². The second kappa shape index (κ2) is 10.4. The number of nitrogens with zero attached hydrogens (tertiary/aromatic N) is 3. The van der Waals surface area contributed by atoms with E-state index >= 15 is 0 Å². The van der Waals surface area contributed by atoms with E-state index in [0.29, 0.717) is 36.2 Å². The van der Waals surface area contributed by atoms with E-state index in [-0.39, 0.29) is 43.0 Å². The second-order valence-corrected chi connectivity index (χ2v) is 9.57. The monoisotopic (exact) mass is 555 g/mol. The molecule has 0 bridgehead atoms. The molecule has 0 atom stereocenters. The van der Waals surface area contributed by atoms with E-state index < -0.39 is 15.5 Å². The van der Waals surface area contributed by atoms with Crippen molar-refractivity contribution in [2.45, 2.75) is 38.7 Å². The summed E-state index contributed by atoms with van der Waals surface area (Å²) < 4.78 is 61.2. The van der Waals surface area contributed by atoms with Crippen LogP contribution in [0.5, 0.6) is 0 Å². The zero-order chi connectivity index (χ0) is 20.2. The van der Waals surface area contributed by atoms with Gasteiger partial charge in [-0.3, -0.25) is 4.99 Å². The molecule has 0 radical (unpaired) electrons. The topological polar surface area (TPSA) is 86.7 Å². The van der Waals surface area contributed by atoms with E-state index in [9.17, 15) is 21.6 Å². The minimum atomic E-state index is -5.24. The third-order valence-electron chi connectivity index (χ3n) is 4.47. The lowest BCUT2D eigenvalue weighted by Gasteiger charge is -2.31. The number of thiazole rings is 1. The molecular formula is C15H25F3IN5O2S2. The van der Waals surface area contributed by atoms with Gasteiger partial charge in [-0.25, -0.2) is 13.4 Å². The molecule has 2 heterocycles. The van der Waals surface area contributed by atoms with Crippen LogP contribution in [0.25, 0.3) is 0 Å². The Morgan fingerprint density at radius 2 is 1.89 bits per heavy atom. The maximum atomic E-state index is 12.6. The van der Waals surface area contributed by atoms with Gasteiger partial charge in [0.2, 0.25) is 0 Å². The van der Waals surface area contributed by atoms with E-state index in [4.69, 9.17) is 0 Å². The van der Waals surface area contributed by atoms with Crippen molar-refractivity contribution in [1.29, 1.82) is 0 Å². The molecule has 0 spiro atoms. The summed E-state index contributed by atoms with van der Waals surface area (Å²) in [4.78, 5) is 9.72. The molecule has 1 fully saturated rings. The Kier molecular flexibility index (Phi) is 9.41. The molecule has 0 amide bonds. The highest BCUT2D eigenvalue weighted by molar-refractivity contribution is 14.0. The number of piperidine rings is 1. The molecule has 2 N–H and O–H groups in total. The van der Waals surface area contributed by atoms with Crippen LogP contribution in [0, 0.1) is 19.8 Å². The lowest BCUT2D eigenvalue weighted by Crippen LogP contribution is -2.47. The first-order valence-electron chi connectivity index (χ1n) is 8.48. The molecule has 1 aliphatic heterocycles. The van der Waals surface area contributed by atoms with Gasteiger partial charge in [0.25, 0.3) is 0 Å². The Bertz CT molecular complexity index is 756. The van der Waals surface area contributed by atoms with Gasteiger partial charge in [0.15, 0.2) is 5.96 Å². The van der Waals surface area contributed by atoms with E-state index in [0.717, 1.165) is 15.6 Å². The Balaban J connectivity index is 0.00000392. The summed E-state index contributed by atoms with van der Waals surface area (Å²) in [6.45, 7) is 4.75. The Morgan fingerprint density at radius 1 is 1.29 bits per heavy atom. The highest BCUT2D eigenvalue weighted by Crippen LogP contribution is 2.30. The first-order valence-corrected chi connectivity index (χ1v) is 10.7. The molecule has 1 aromatic heterocycles. The van der Waals surface area contributed by atoms with Crippen molar-refractivity contribution in [1.82, 2.24) is 19.9 Å². The summed E-state index contributed by atoms with van der Waals surface area (Å²) in [5.74, 6) is 0.651. The Hall–Kier alpha value is -0.670. The van der Waals surface area contributed by atoms with Gasteiger partial charge in [-0.2, -0.15) is 17.5 Å². The molecule has 0 aliphatic carbocycles. The quantitative estimate of drug-likeness (QED) is 0.332. The molecule has 1 aliphatic rings. The van der Waals surface area contributed by atoms with Crippen LogP contribution in [-0.4, -0.2) is 55.9 Å². The number of halogens is 4. The minimum Gasteiger partial charge on any atom is -0.356 e. The third-order valence-corrected chi connectivity index (χ3v) is 7.17. The van der Waals surface area contributed by atoms with Crippen LogP contribution in [0.1, 0.15) is 28.4 Å². The van der Waals surface area contributed by atoms with Crippen molar-refractivity contribution in [2.24, 2.45) is 10.9 Å². The van der Waals surface area contributed by atoms with Gasteiger partial charge >= 0.3 is 15.5 Å². The maximum absolute atomic E-state index is 12.6. The summed E-state index contributed by atoms with van der Waals surface area (Å²) in [6.07, 6.45) is 0.731. The van der Waals surface area contributed by atoms with Gasteiger partial charge in [0, 0.05) is 31.6 Å². The van der Waals surface area contributed by atoms with Gasteiger partial charge in [0.05, 0.1) is 12.2 Å². The Labute approximate surface area is 184 Å². The van der Waals surface area contributed by atoms with E-state index in [2.05, 4.69) is 20.6 Å². The number of rotatable bonds is 5. The summed E-state index contributed by atoms with van der Waals surface area (Å²) in [5.41, 5.74) is -4.24. The van der Waals surface area contributed by atoms with Crippen LogP contribution in [0.4, 0.5) is 13.2 Å². The largest absolute Gasteiger partial charge is 0.511 e. The fraction of sp³-hybridized carbons (Fsp3) is 0.733. The standard InChI is InChI=1S/C15H24F3N5O2S2.HI/c1-10-11(2)26-13(22-10)9-21-14(19-3)20-8-12-4-6-23(7-5-12)27(24,25)15(16,17)18;/h12H,4-9H2,1-3H3,(H2,19,20,21);1H. The summed E-state index contributed by atoms with van der Waals surface area (Å²) in [6, 6.07) is 0. The summed E-state index contributed by atoms with van der Waals surface area (Å²) >= 11 is 1.61. The second-order valence-electron chi connectivity index (χ2n) is 6.35. The predicted molar refractivity (Wildman–Crippen MR) is 114 cm³/mol. The first-order chi connectivity index (χ1) is 12.5. The van der Waals surface area contributed by atoms with Crippen molar-refractivity contribution in [3.8, 4) is 0 Å². The van der Waals surface area contributed by atoms with E-state index in [1.807, 2.05) is 13.8 Å². The number of aromatic nitrogens is 1. The molecule has 0 aromatic carbocycles. The average Bonchev–Trinajstić information content (AvgIpc) is 2.92. The minimum absolute atomic E-state index is 0. The van der Waals surface area contributed by atoms with Gasteiger partial charge in [-0.15, -0.1) is 35.3 Å². The number of alkyl halides is 3. The molecule has 7 nitrogen and oxygen atoms in total. The van der Waals surface area contributed by atoms with Crippen LogP contribution in [0.3, 0.4) is 0 Å². The number of hydrogen-bond acceptors (Lipinski definition) is 5. The fourth-order valence-electron chi connectivity index (χ4n) is 2.74. The fourth-order valence-corrected chi connectivity index (χ4v) is 4.59. The number of aliphatic imine (C=N–C) groups is 1. The Morgan fingerprint density at radius 3 is 2.36 bits per heavy atom. The van der Waals surface area contributed by atoms with Gasteiger partial charge < -0.3 is 10.6 Å². The normalized spacial score (nSPS) is 17.3. The number of aryl methyl sites for hydroxylation is 2. The molecule has 0 saturated carbocycles. The van der Waals surface area contributed by atoms with E-state index in [1.54, 1.807) is 18.4 Å². The molecule has 162 valence electrons. The molecule has 13 heteroatoms. The van der Waals surface area contributed by atoms with E-state index in [1.165, 1.54) is 0 Å².